The summed E-state index contributed by atoms with van der Waals surface area (Å²) >= 11 is 0. The zero-order valence-corrected chi connectivity index (χ0v) is 33.7. The molecule has 0 N–H and O–H groups in total. The Labute approximate surface area is 326 Å². The molecule has 5 aromatic carbocycles. The molecule has 55 heavy (non-hydrogen) atoms. The molecule has 278 valence electrons. The van der Waals surface area contributed by atoms with Gasteiger partial charge in [0.15, 0.2) is 0 Å². The third kappa shape index (κ3) is 7.12. The van der Waals surface area contributed by atoms with Gasteiger partial charge in [0.25, 0.3) is 0 Å². The molecule has 0 unspecified atom stereocenters. The molecule has 0 fully saturated rings. The summed E-state index contributed by atoms with van der Waals surface area (Å²) in [7, 11) is 0. The smallest absolute Gasteiger partial charge is 0.137 e. The van der Waals surface area contributed by atoms with Gasteiger partial charge < -0.3 is 14.5 Å². The van der Waals surface area contributed by atoms with Gasteiger partial charge in [-0.3, -0.25) is 4.57 Å². The van der Waals surface area contributed by atoms with Gasteiger partial charge >= 0.3 is 0 Å². The Kier molecular flexibility index (Phi) is 8.87. The third-order valence-electron chi connectivity index (χ3n) is 10.7. The van der Waals surface area contributed by atoms with E-state index >= 15 is 0 Å². The SMILES string of the molecule is CC(C)(C)C1=CN(c2cc(Oc3ccc4c5ccccc5n(-c5cc(C(C)(C)C)ccn5)c4c3)cc(C(C)(C)C)c2)CN1c1cccc(-c2ccccc2)c1. The number of pyridine rings is 1. The topological polar surface area (TPSA) is 33.5 Å². The lowest BCUT2D eigenvalue weighted by atomic mass is 9.86. The highest BCUT2D eigenvalue weighted by Crippen LogP contribution is 2.42. The number of allylic oxidation sites excluding steroid dienone is 1. The van der Waals surface area contributed by atoms with Crippen molar-refractivity contribution in [3.8, 4) is 28.4 Å². The average Bonchev–Trinajstić information content (AvgIpc) is 3.75. The molecule has 5 nitrogen and oxygen atoms in total. The molecule has 0 spiro atoms. The van der Waals surface area contributed by atoms with Crippen molar-refractivity contribution in [1.82, 2.24) is 9.55 Å². The first-order valence-electron chi connectivity index (χ1n) is 19.4. The Balaban J connectivity index is 1.19. The zero-order valence-electron chi connectivity index (χ0n) is 33.7. The van der Waals surface area contributed by atoms with E-state index in [4.69, 9.17) is 9.72 Å². The predicted octanol–water partition coefficient (Wildman–Crippen LogP) is 13.4. The molecule has 1 aliphatic rings. The van der Waals surface area contributed by atoms with Gasteiger partial charge in [-0.1, -0.05) is 123 Å². The van der Waals surface area contributed by atoms with E-state index in [2.05, 4.69) is 210 Å². The number of hydrogen-bond acceptors (Lipinski definition) is 4. The van der Waals surface area contributed by atoms with E-state index in [0.717, 1.165) is 34.0 Å². The Hall–Kier alpha value is -5.81. The molecule has 0 radical (unpaired) electrons. The summed E-state index contributed by atoms with van der Waals surface area (Å²) in [6, 6.07) is 45.6. The van der Waals surface area contributed by atoms with Crippen molar-refractivity contribution in [1.29, 1.82) is 0 Å². The molecule has 7 aromatic rings. The number of para-hydroxylation sites is 1. The summed E-state index contributed by atoms with van der Waals surface area (Å²) in [5.41, 5.74) is 10.5. The van der Waals surface area contributed by atoms with Crippen LogP contribution < -0.4 is 14.5 Å². The Morgan fingerprint density at radius 3 is 1.98 bits per heavy atom. The highest BCUT2D eigenvalue weighted by Gasteiger charge is 2.32. The fourth-order valence-electron chi connectivity index (χ4n) is 7.59. The lowest BCUT2D eigenvalue weighted by molar-refractivity contribution is 0.479. The lowest BCUT2D eigenvalue weighted by Gasteiger charge is -2.31. The highest BCUT2D eigenvalue weighted by atomic mass is 16.5. The highest BCUT2D eigenvalue weighted by molar-refractivity contribution is 6.09. The first-order valence-corrected chi connectivity index (χ1v) is 19.4. The number of fused-ring (bicyclic) bond motifs is 3. The van der Waals surface area contributed by atoms with Gasteiger partial charge in [-0.05, 0) is 87.7 Å². The molecule has 0 saturated heterocycles. The summed E-state index contributed by atoms with van der Waals surface area (Å²) < 4.78 is 9.14. The second-order valence-electron chi connectivity index (χ2n) is 18.0. The zero-order chi connectivity index (χ0) is 38.7. The quantitative estimate of drug-likeness (QED) is 0.171. The van der Waals surface area contributed by atoms with Crippen molar-refractivity contribution in [2.75, 3.05) is 16.5 Å². The van der Waals surface area contributed by atoms with Gasteiger partial charge in [0.2, 0.25) is 0 Å². The molecule has 0 amide bonds. The molecule has 5 heteroatoms. The Morgan fingerprint density at radius 1 is 0.527 bits per heavy atom. The maximum Gasteiger partial charge on any atom is 0.137 e. The van der Waals surface area contributed by atoms with Crippen LogP contribution in [0.15, 0.2) is 145 Å². The lowest BCUT2D eigenvalue weighted by Crippen LogP contribution is -2.30. The van der Waals surface area contributed by atoms with Crippen LogP contribution in [0.25, 0.3) is 38.8 Å². The molecule has 2 aromatic heterocycles. The van der Waals surface area contributed by atoms with E-state index < -0.39 is 0 Å². The minimum absolute atomic E-state index is 0.00189. The Morgan fingerprint density at radius 2 is 1.24 bits per heavy atom. The van der Waals surface area contributed by atoms with Crippen LogP contribution >= 0.6 is 0 Å². The van der Waals surface area contributed by atoms with Crippen LogP contribution in [0, 0.1) is 5.41 Å². The van der Waals surface area contributed by atoms with Crippen LogP contribution in [-0.4, -0.2) is 16.2 Å². The third-order valence-corrected chi connectivity index (χ3v) is 10.7. The van der Waals surface area contributed by atoms with Gasteiger partial charge in [0.1, 0.15) is 17.3 Å². The summed E-state index contributed by atoms with van der Waals surface area (Å²) in [5.74, 6) is 2.50. The second kappa shape index (κ2) is 13.5. The van der Waals surface area contributed by atoms with Crippen molar-refractivity contribution in [3.05, 3.63) is 157 Å². The van der Waals surface area contributed by atoms with Gasteiger partial charge in [0, 0.05) is 57.8 Å². The number of benzene rings is 5. The van der Waals surface area contributed by atoms with Crippen LogP contribution in [0.5, 0.6) is 11.5 Å². The summed E-state index contributed by atoms with van der Waals surface area (Å²) in [4.78, 5) is 9.70. The van der Waals surface area contributed by atoms with E-state index in [1.807, 2.05) is 6.20 Å². The molecule has 8 rings (SSSR count). The first kappa shape index (κ1) is 36.2. The standard InChI is InChI=1S/C50H52N4O/c1-48(2,3)36-24-25-51-47(29-36)54-44-21-14-13-20-42(44)43-23-22-40(31-45(43)54)55-41-28-37(49(4,5)6)27-39(30-41)52-32-46(50(7,8)9)53(33-52)38-19-15-18-35(26-38)34-16-11-10-12-17-34/h10-32H,33H2,1-9H3. The summed E-state index contributed by atoms with van der Waals surface area (Å²) in [5, 5.41) is 2.36. The van der Waals surface area contributed by atoms with Crippen molar-refractivity contribution >= 4 is 33.2 Å². The fourth-order valence-corrected chi connectivity index (χ4v) is 7.59. The van der Waals surface area contributed by atoms with Crippen molar-refractivity contribution in [2.45, 2.75) is 73.1 Å². The van der Waals surface area contributed by atoms with Gasteiger partial charge in [-0.25, -0.2) is 4.98 Å². The van der Waals surface area contributed by atoms with E-state index in [1.165, 1.54) is 44.4 Å². The molecule has 0 bridgehead atoms. The van der Waals surface area contributed by atoms with E-state index in [1.54, 1.807) is 0 Å². The number of hydrogen-bond donors (Lipinski definition) is 0. The van der Waals surface area contributed by atoms with Crippen molar-refractivity contribution < 1.29 is 4.74 Å². The maximum atomic E-state index is 6.86. The van der Waals surface area contributed by atoms with Gasteiger partial charge in [-0.2, -0.15) is 0 Å². The van der Waals surface area contributed by atoms with E-state index in [-0.39, 0.29) is 16.2 Å². The largest absolute Gasteiger partial charge is 0.457 e. The van der Waals surface area contributed by atoms with Gasteiger partial charge in [0.05, 0.1) is 17.7 Å². The van der Waals surface area contributed by atoms with Gasteiger partial charge in [-0.15, -0.1) is 0 Å². The number of ether oxygens (including phenoxy) is 1. The van der Waals surface area contributed by atoms with E-state index in [0.29, 0.717) is 6.67 Å². The molecule has 3 heterocycles. The van der Waals surface area contributed by atoms with Crippen LogP contribution in [0.2, 0.25) is 0 Å². The molecule has 0 atom stereocenters. The fraction of sp³-hybridized carbons (Fsp3) is 0.260. The summed E-state index contributed by atoms with van der Waals surface area (Å²) in [6.07, 6.45) is 4.25. The maximum absolute atomic E-state index is 6.86. The second-order valence-corrected chi connectivity index (χ2v) is 18.0. The monoisotopic (exact) mass is 724 g/mol. The average molecular weight is 725 g/mol. The van der Waals surface area contributed by atoms with E-state index in [9.17, 15) is 0 Å². The minimum Gasteiger partial charge on any atom is -0.457 e. The van der Waals surface area contributed by atoms with Crippen molar-refractivity contribution in [3.63, 3.8) is 0 Å². The van der Waals surface area contributed by atoms with Crippen LogP contribution in [0.3, 0.4) is 0 Å². The molecule has 0 saturated carbocycles. The first-order chi connectivity index (χ1) is 26.1. The van der Waals surface area contributed by atoms with Crippen LogP contribution in [-0.2, 0) is 10.8 Å². The molecular formula is C50H52N4O. The predicted molar refractivity (Wildman–Crippen MR) is 232 cm³/mol. The number of nitrogens with zero attached hydrogens (tertiary/aromatic N) is 4. The minimum atomic E-state index is -0.0891. The normalized spacial score (nSPS) is 13.9. The Bertz CT molecular complexity index is 2560. The number of anilines is 2. The molecule has 0 aliphatic carbocycles. The molecule has 1 aliphatic heterocycles. The number of aromatic nitrogens is 2. The van der Waals surface area contributed by atoms with Crippen LogP contribution in [0.1, 0.15) is 73.4 Å². The van der Waals surface area contributed by atoms with Crippen molar-refractivity contribution in [2.24, 2.45) is 5.41 Å². The molecular weight excluding hydrogens is 673 g/mol. The number of rotatable bonds is 6. The van der Waals surface area contributed by atoms with Crippen LogP contribution in [0.4, 0.5) is 11.4 Å². The summed E-state index contributed by atoms with van der Waals surface area (Å²) in [6.45, 7) is 21.1.